The zero-order valence-electron chi connectivity index (χ0n) is 11.9. The first-order valence-corrected chi connectivity index (χ1v) is 6.88. The van der Waals surface area contributed by atoms with E-state index in [4.69, 9.17) is 10.8 Å². The summed E-state index contributed by atoms with van der Waals surface area (Å²) in [6.07, 6.45) is 2.20. The maximum Gasteiger partial charge on any atom is 0.126 e. The molecule has 0 unspecified atom stereocenters. The molecule has 0 saturated carbocycles. The summed E-state index contributed by atoms with van der Waals surface area (Å²) in [4.78, 5) is 0. The zero-order chi connectivity index (χ0) is 13.6. The van der Waals surface area contributed by atoms with E-state index >= 15 is 0 Å². The van der Waals surface area contributed by atoms with Crippen molar-refractivity contribution in [1.29, 1.82) is 0 Å². The Morgan fingerprint density at radius 2 is 1.95 bits per heavy atom. The molecule has 1 aliphatic carbocycles. The topological polar surface area (TPSA) is 43.8 Å². The molecule has 0 saturated heterocycles. The van der Waals surface area contributed by atoms with Gasteiger partial charge < -0.3 is 5.73 Å². The molecule has 0 fully saturated rings. The zero-order valence-corrected chi connectivity index (χ0v) is 11.9. The highest BCUT2D eigenvalue weighted by Crippen LogP contribution is 2.41. The molecular weight excluding hydrogens is 234 g/mol. The Morgan fingerprint density at radius 1 is 1.26 bits per heavy atom. The van der Waals surface area contributed by atoms with Crippen LogP contribution in [0.25, 0.3) is 0 Å². The number of fused-ring (bicyclic) bond motifs is 1. The molecular formula is C16H21N3. The van der Waals surface area contributed by atoms with Crippen LogP contribution in [-0.2, 0) is 18.4 Å². The van der Waals surface area contributed by atoms with E-state index < -0.39 is 0 Å². The predicted octanol–water partition coefficient (Wildman–Crippen LogP) is 3.05. The molecule has 0 amide bonds. The van der Waals surface area contributed by atoms with Gasteiger partial charge in [0.1, 0.15) is 5.82 Å². The van der Waals surface area contributed by atoms with Crippen molar-refractivity contribution in [3.05, 3.63) is 46.6 Å². The van der Waals surface area contributed by atoms with Gasteiger partial charge in [-0.3, -0.25) is 0 Å². The number of nitrogens with two attached hydrogens (primary N) is 1. The lowest BCUT2D eigenvalue weighted by Gasteiger charge is -2.18. The van der Waals surface area contributed by atoms with E-state index in [1.54, 1.807) is 0 Å². The first-order chi connectivity index (χ1) is 8.97. The Bertz CT molecular complexity index is 606. The summed E-state index contributed by atoms with van der Waals surface area (Å²) in [6, 6.07) is 8.55. The van der Waals surface area contributed by atoms with Gasteiger partial charge in [-0.1, -0.05) is 43.7 Å². The minimum Gasteiger partial charge on any atom is -0.384 e. The Hall–Kier alpha value is -1.77. The molecule has 3 nitrogen and oxygen atoms in total. The van der Waals surface area contributed by atoms with Gasteiger partial charge in [-0.05, 0) is 30.7 Å². The van der Waals surface area contributed by atoms with Gasteiger partial charge >= 0.3 is 0 Å². The van der Waals surface area contributed by atoms with Crippen LogP contribution >= 0.6 is 0 Å². The summed E-state index contributed by atoms with van der Waals surface area (Å²) in [7, 11) is 0. The van der Waals surface area contributed by atoms with Gasteiger partial charge in [-0.15, -0.1) is 0 Å². The molecule has 1 aromatic heterocycles. The highest BCUT2D eigenvalue weighted by atomic mass is 15.3. The van der Waals surface area contributed by atoms with Crippen molar-refractivity contribution >= 4 is 5.82 Å². The van der Waals surface area contributed by atoms with Crippen molar-refractivity contribution in [1.82, 2.24) is 9.78 Å². The van der Waals surface area contributed by atoms with Crippen LogP contribution in [0.3, 0.4) is 0 Å². The number of aromatic nitrogens is 2. The van der Waals surface area contributed by atoms with Gasteiger partial charge in [0.15, 0.2) is 0 Å². The summed E-state index contributed by atoms with van der Waals surface area (Å²) in [5.74, 6) is 0.845. The van der Waals surface area contributed by atoms with Crippen LogP contribution in [0.15, 0.2) is 24.3 Å². The fourth-order valence-corrected chi connectivity index (χ4v) is 2.98. The highest BCUT2D eigenvalue weighted by Gasteiger charge is 2.35. The molecule has 0 atom stereocenters. The summed E-state index contributed by atoms with van der Waals surface area (Å²) in [6.45, 7) is 7.37. The first kappa shape index (κ1) is 12.3. The van der Waals surface area contributed by atoms with Crippen LogP contribution in [-0.4, -0.2) is 9.78 Å². The maximum absolute atomic E-state index is 6.31. The van der Waals surface area contributed by atoms with E-state index in [9.17, 15) is 0 Å². The Kier molecular flexibility index (Phi) is 2.66. The van der Waals surface area contributed by atoms with Crippen molar-refractivity contribution in [2.45, 2.75) is 45.6 Å². The average Bonchev–Trinajstić information content (AvgIpc) is 2.82. The lowest BCUT2D eigenvalue weighted by atomic mass is 9.87. The quantitative estimate of drug-likeness (QED) is 0.896. The Morgan fingerprint density at radius 3 is 2.58 bits per heavy atom. The SMILES string of the molecule is Cc1ccc(Cn2nc3c(c2N)C(C)(C)CC3)cc1. The van der Waals surface area contributed by atoms with Gasteiger partial charge in [0.05, 0.1) is 12.2 Å². The second-order valence-corrected chi connectivity index (χ2v) is 6.23. The smallest absolute Gasteiger partial charge is 0.126 e. The minimum atomic E-state index is 0.172. The van der Waals surface area contributed by atoms with Gasteiger partial charge in [0.2, 0.25) is 0 Å². The number of rotatable bonds is 2. The monoisotopic (exact) mass is 255 g/mol. The van der Waals surface area contributed by atoms with E-state index in [1.807, 2.05) is 4.68 Å². The van der Waals surface area contributed by atoms with Crippen molar-refractivity contribution in [3.63, 3.8) is 0 Å². The largest absolute Gasteiger partial charge is 0.384 e. The second-order valence-electron chi connectivity index (χ2n) is 6.23. The fourth-order valence-electron chi connectivity index (χ4n) is 2.98. The number of hydrogen-bond donors (Lipinski definition) is 1. The molecule has 3 heteroatoms. The number of aryl methyl sites for hydroxylation is 2. The van der Waals surface area contributed by atoms with Gasteiger partial charge in [0, 0.05) is 5.56 Å². The number of benzene rings is 1. The van der Waals surface area contributed by atoms with Crippen molar-refractivity contribution in [2.75, 3.05) is 5.73 Å². The molecule has 0 bridgehead atoms. The minimum absolute atomic E-state index is 0.172. The van der Waals surface area contributed by atoms with E-state index in [0.717, 1.165) is 25.2 Å². The normalized spacial score (nSPS) is 16.6. The summed E-state index contributed by atoms with van der Waals surface area (Å²) in [5.41, 5.74) is 11.5. The maximum atomic E-state index is 6.31. The molecule has 3 rings (SSSR count). The van der Waals surface area contributed by atoms with Crippen LogP contribution in [0.1, 0.15) is 42.7 Å². The average molecular weight is 255 g/mol. The lowest BCUT2D eigenvalue weighted by Crippen LogP contribution is -2.16. The number of nitrogens with zero attached hydrogens (tertiary/aromatic N) is 2. The molecule has 2 N–H and O–H groups in total. The summed E-state index contributed by atoms with van der Waals surface area (Å²) >= 11 is 0. The molecule has 0 spiro atoms. The van der Waals surface area contributed by atoms with Crippen LogP contribution in [0.2, 0.25) is 0 Å². The van der Waals surface area contributed by atoms with Crippen LogP contribution in [0.5, 0.6) is 0 Å². The molecule has 1 aromatic carbocycles. The third-order valence-corrected chi connectivity index (χ3v) is 4.18. The predicted molar refractivity (Wildman–Crippen MR) is 78.3 cm³/mol. The van der Waals surface area contributed by atoms with Crippen molar-refractivity contribution < 1.29 is 0 Å². The standard InChI is InChI=1S/C16H21N3/c1-11-4-6-12(7-5-11)10-19-15(17)14-13(18-19)8-9-16(14,2)3/h4-7H,8-10,17H2,1-3H3. The van der Waals surface area contributed by atoms with Crippen molar-refractivity contribution in [3.8, 4) is 0 Å². The second kappa shape index (κ2) is 4.12. The van der Waals surface area contributed by atoms with Gasteiger partial charge in [-0.2, -0.15) is 5.10 Å². The Labute approximate surface area is 114 Å². The molecule has 1 aliphatic rings. The summed E-state index contributed by atoms with van der Waals surface area (Å²) < 4.78 is 1.95. The van der Waals surface area contributed by atoms with E-state index in [1.165, 1.54) is 22.4 Å². The molecule has 0 radical (unpaired) electrons. The molecule has 0 aliphatic heterocycles. The van der Waals surface area contributed by atoms with E-state index in [0.29, 0.717) is 0 Å². The van der Waals surface area contributed by atoms with Crippen LogP contribution in [0.4, 0.5) is 5.82 Å². The van der Waals surface area contributed by atoms with Crippen LogP contribution < -0.4 is 5.73 Å². The number of hydrogen-bond acceptors (Lipinski definition) is 2. The van der Waals surface area contributed by atoms with Gasteiger partial charge in [-0.25, -0.2) is 4.68 Å². The summed E-state index contributed by atoms with van der Waals surface area (Å²) in [5, 5.41) is 4.70. The molecule has 19 heavy (non-hydrogen) atoms. The van der Waals surface area contributed by atoms with E-state index in [2.05, 4.69) is 45.0 Å². The fraction of sp³-hybridized carbons (Fsp3) is 0.438. The molecule has 2 aromatic rings. The highest BCUT2D eigenvalue weighted by molar-refractivity contribution is 5.51. The molecule has 1 heterocycles. The number of anilines is 1. The lowest BCUT2D eigenvalue weighted by molar-refractivity contribution is 0.515. The third-order valence-electron chi connectivity index (χ3n) is 4.18. The number of nitrogen functional groups attached to an aromatic ring is 1. The third kappa shape index (κ3) is 2.03. The van der Waals surface area contributed by atoms with Gasteiger partial charge in [0.25, 0.3) is 0 Å². The Balaban J connectivity index is 1.93. The van der Waals surface area contributed by atoms with E-state index in [-0.39, 0.29) is 5.41 Å². The molecule has 100 valence electrons. The van der Waals surface area contributed by atoms with Crippen LogP contribution in [0, 0.1) is 6.92 Å². The van der Waals surface area contributed by atoms with Crippen molar-refractivity contribution in [2.24, 2.45) is 0 Å². The first-order valence-electron chi connectivity index (χ1n) is 6.88.